The van der Waals surface area contributed by atoms with E-state index in [1.54, 1.807) is 0 Å². The van der Waals surface area contributed by atoms with Crippen LogP contribution in [0.2, 0.25) is 0 Å². The summed E-state index contributed by atoms with van der Waals surface area (Å²) in [6.45, 7) is 1.44. The predicted octanol–water partition coefficient (Wildman–Crippen LogP) is 1.00. The van der Waals surface area contributed by atoms with Crippen LogP contribution in [0.3, 0.4) is 0 Å². The van der Waals surface area contributed by atoms with Crippen LogP contribution in [0, 0.1) is 10.1 Å². The minimum absolute atomic E-state index is 0.200. The number of Topliss-reactive ketones (excluding diaryl/α,β-unsaturated/α-hetero) is 1. The summed E-state index contributed by atoms with van der Waals surface area (Å²) < 4.78 is 5.59. The van der Waals surface area contributed by atoms with Gasteiger partial charge >= 0.3 is 5.97 Å². The zero-order valence-corrected chi connectivity index (χ0v) is 12.3. The van der Waals surface area contributed by atoms with Crippen LogP contribution in [0.5, 0.6) is 0 Å². The summed E-state index contributed by atoms with van der Waals surface area (Å²) in [4.78, 5) is 37.1. The number of rotatable bonds is 5. The third-order valence-corrected chi connectivity index (χ3v) is 3.99. The zero-order chi connectivity index (χ0) is 17.2. The maximum absolute atomic E-state index is 12.3. The van der Waals surface area contributed by atoms with Gasteiger partial charge in [0.05, 0.1) is 22.7 Å². The Morgan fingerprint density at radius 3 is 2.87 bits per heavy atom. The number of carbonyl (C=O) groups excluding carboxylic acids is 1. The number of aliphatic hydroxyl groups is 1. The number of aromatic nitrogens is 1. The summed E-state index contributed by atoms with van der Waals surface area (Å²) in [6, 6.07) is 1.39. The lowest BCUT2D eigenvalue weighted by atomic mass is 9.81. The number of pyridine rings is 1. The Morgan fingerprint density at radius 2 is 2.30 bits per heavy atom. The molecule has 3 atom stereocenters. The minimum atomic E-state index is -1.91. The molecule has 0 aliphatic carbocycles. The van der Waals surface area contributed by atoms with Crippen LogP contribution < -0.4 is 0 Å². The molecule has 1 aliphatic heterocycles. The van der Waals surface area contributed by atoms with E-state index in [0.29, 0.717) is 0 Å². The Labute approximate surface area is 131 Å². The minimum Gasteiger partial charge on any atom is -0.481 e. The van der Waals surface area contributed by atoms with Gasteiger partial charge in [0, 0.05) is 19.0 Å². The molecule has 23 heavy (non-hydrogen) atoms. The van der Waals surface area contributed by atoms with Gasteiger partial charge in [-0.1, -0.05) is 0 Å². The molecule has 2 heterocycles. The van der Waals surface area contributed by atoms with Crippen LogP contribution in [0.25, 0.3) is 0 Å². The highest BCUT2D eigenvalue weighted by Crippen LogP contribution is 2.39. The maximum Gasteiger partial charge on any atom is 0.303 e. The summed E-state index contributed by atoms with van der Waals surface area (Å²) in [5.74, 6) is -1.72. The second-order valence-corrected chi connectivity index (χ2v) is 5.40. The van der Waals surface area contributed by atoms with E-state index < -0.39 is 34.5 Å². The quantitative estimate of drug-likeness (QED) is 0.604. The Hall–Kier alpha value is -2.39. The fourth-order valence-electron chi connectivity index (χ4n) is 2.62. The first kappa shape index (κ1) is 17.0. The molecule has 124 valence electrons. The molecule has 0 spiro atoms. The maximum atomic E-state index is 12.3. The van der Waals surface area contributed by atoms with E-state index in [0.717, 1.165) is 6.20 Å². The number of aliphatic carboxylic acids is 1. The second kappa shape index (κ2) is 6.39. The second-order valence-electron chi connectivity index (χ2n) is 5.40. The number of carboxylic acids is 1. The van der Waals surface area contributed by atoms with Crippen molar-refractivity contribution in [2.75, 3.05) is 0 Å². The lowest BCUT2D eigenvalue weighted by Crippen LogP contribution is -2.54. The molecule has 1 fully saturated rings. The first-order valence-electron chi connectivity index (χ1n) is 6.97. The fraction of sp³-hybridized carbons (Fsp3) is 0.500. The van der Waals surface area contributed by atoms with Crippen LogP contribution in [0.4, 0.5) is 5.69 Å². The average molecular weight is 324 g/mol. The number of carboxylic acid groups (broad SMARTS) is 1. The first-order chi connectivity index (χ1) is 10.8. The van der Waals surface area contributed by atoms with Crippen molar-refractivity contribution in [1.82, 2.24) is 4.98 Å². The molecule has 0 saturated carbocycles. The van der Waals surface area contributed by atoms with Gasteiger partial charge in [-0.3, -0.25) is 24.7 Å². The predicted molar refractivity (Wildman–Crippen MR) is 75.6 cm³/mol. The van der Waals surface area contributed by atoms with Gasteiger partial charge in [0.1, 0.15) is 11.8 Å². The Bertz CT molecular complexity index is 648. The Kier molecular flexibility index (Phi) is 4.71. The molecule has 0 bridgehead atoms. The molecule has 1 aromatic rings. The number of carbonyl (C=O) groups is 2. The van der Waals surface area contributed by atoms with Gasteiger partial charge in [-0.15, -0.1) is 0 Å². The van der Waals surface area contributed by atoms with E-state index in [9.17, 15) is 24.8 Å². The van der Waals surface area contributed by atoms with Gasteiger partial charge in [0.15, 0.2) is 5.78 Å². The smallest absolute Gasteiger partial charge is 0.303 e. The molecule has 1 aliphatic rings. The Balaban J connectivity index is 2.24. The van der Waals surface area contributed by atoms with E-state index >= 15 is 0 Å². The number of nitro groups is 1. The molecule has 2 N–H and O–H groups in total. The van der Waals surface area contributed by atoms with Crippen molar-refractivity contribution in [3.8, 4) is 0 Å². The SMILES string of the molecule is C[C@H]1O[C@@H](c2ccncc2[N+](=O)[O-])CC(=O)[C@@]1(O)CCC(=O)O. The van der Waals surface area contributed by atoms with Crippen molar-refractivity contribution < 1.29 is 29.5 Å². The molecular weight excluding hydrogens is 308 g/mol. The highest BCUT2D eigenvalue weighted by atomic mass is 16.6. The summed E-state index contributed by atoms with van der Waals surface area (Å²) in [5.41, 5.74) is -1.98. The highest BCUT2D eigenvalue weighted by molar-refractivity contribution is 5.89. The molecule has 0 radical (unpaired) electrons. The summed E-state index contributed by atoms with van der Waals surface area (Å²) in [5, 5.41) is 30.2. The number of ether oxygens (including phenoxy) is 1. The standard InChI is InChI=1S/C14H16N2O7/c1-8-14(20,4-2-13(18)19)12(17)6-11(23-8)9-3-5-15-7-10(9)16(21)22/h3,5,7-8,11,20H,2,4,6H2,1H3,(H,18,19)/t8-,11-,14-/m1/s1. The first-order valence-corrected chi connectivity index (χ1v) is 6.97. The van der Waals surface area contributed by atoms with Gasteiger partial charge in [-0.2, -0.15) is 0 Å². The van der Waals surface area contributed by atoms with E-state index in [4.69, 9.17) is 9.84 Å². The lowest BCUT2D eigenvalue weighted by molar-refractivity contribution is -0.386. The molecule has 0 amide bonds. The molecular formula is C14H16N2O7. The molecule has 1 aromatic heterocycles. The summed E-state index contributed by atoms with van der Waals surface area (Å²) in [6.07, 6.45) is -0.369. The van der Waals surface area contributed by atoms with Crippen LogP contribution >= 0.6 is 0 Å². The molecule has 9 nitrogen and oxygen atoms in total. The van der Waals surface area contributed by atoms with E-state index in [1.807, 2.05) is 0 Å². The van der Waals surface area contributed by atoms with Crippen LogP contribution in [0.15, 0.2) is 18.5 Å². The zero-order valence-electron chi connectivity index (χ0n) is 12.3. The van der Waals surface area contributed by atoms with Crippen molar-refractivity contribution >= 4 is 17.4 Å². The topological polar surface area (TPSA) is 140 Å². The lowest BCUT2D eigenvalue weighted by Gasteiger charge is -2.40. The van der Waals surface area contributed by atoms with Crippen LogP contribution in [0.1, 0.15) is 37.9 Å². The van der Waals surface area contributed by atoms with Gasteiger partial charge < -0.3 is 14.9 Å². The van der Waals surface area contributed by atoms with E-state index in [1.165, 1.54) is 19.2 Å². The van der Waals surface area contributed by atoms with E-state index in [2.05, 4.69) is 4.98 Å². The molecule has 0 aromatic carbocycles. The third-order valence-electron chi connectivity index (χ3n) is 3.99. The number of nitrogens with zero attached hydrogens (tertiary/aromatic N) is 2. The largest absolute Gasteiger partial charge is 0.481 e. The number of hydrogen-bond donors (Lipinski definition) is 2. The van der Waals surface area contributed by atoms with E-state index in [-0.39, 0.29) is 30.5 Å². The van der Waals surface area contributed by atoms with Gasteiger partial charge in [0.2, 0.25) is 0 Å². The van der Waals surface area contributed by atoms with Crippen molar-refractivity contribution in [2.24, 2.45) is 0 Å². The van der Waals surface area contributed by atoms with Crippen molar-refractivity contribution in [3.63, 3.8) is 0 Å². The number of hydrogen-bond acceptors (Lipinski definition) is 7. The molecule has 2 rings (SSSR count). The molecule has 1 saturated heterocycles. The molecule has 0 unspecified atom stereocenters. The van der Waals surface area contributed by atoms with Crippen molar-refractivity contribution in [2.45, 2.75) is 44.0 Å². The number of ketones is 1. The molecule has 9 heteroatoms. The fourth-order valence-corrected chi connectivity index (χ4v) is 2.62. The summed E-state index contributed by atoms with van der Waals surface area (Å²) >= 11 is 0. The van der Waals surface area contributed by atoms with Crippen molar-refractivity contribution in [1.29, 1.82) is 0 Å². The van der Waals surface area contributed by atoms with Crippen molar-refractivity contribution in [3.05, 3.63) is 34.1 Å². The van der Waals surface area contributed by atoms with Crippen LogP contribution in [-0.4, -0.2) is 43.6 Å². The van der Waals surface area contributed by atoms with Gasteiger partial charge in [-0.05, 0) is 19.4 Å². The van der Waals surface area contributed by atoms with Gasteiger partial charge in [-0.25, -0.2) is 0 Å². The van der Waals surface area contributed by atoms with Gasteiger partial charge in [0.25, 0.3) is 5.69 Å². The highest BCUT2D eigenvalue weighted by Gasteiger charge is 2.48. The van der Waals surface area contributed by atoms with Crippen LogP contribution in [-0.2, 0) is 14.3 Å². The summed E-state index contributed by atoms with van der Waals surface area (Å²) in [7, 11) is 0. The Morgan fingerprint density at radius 1 is 1.61 bits per heavy atom. The normalized spacial score (nSPS) is 27.7. The monoisotopic (exact) mass is 324 g/mol. The average Bonchev–Trinajstić information content (AvgIpc) is 2.50. The third kappa shape index (κ3) is 3.35.